The Kier molecular flexibility index (Phi) is 7.76. The average molecular weight is 194 g/mol. The number of terminal acetylenes is 1. The molecule has 13 heavy (non-hydrogen) atoms. The first-order valence-electron chi connectivity index (χ1n) is 4.80. The van der Waals surface area contributed by atoms with E-state index in [9.17, 15) is 0 Å². The summed E-state index contributed by atoms with van der Waals surface area (Å²) < 4.78 is 0. The van der Waals surface area contributed by atoms with Crippen LogP contribution in [0.25, 0.3) is 0 Å². The van der Waals surface area contributed by atoms with E-state index in [-0.39, 0.29) is 0 Å². The largest absolute Gasteiger partial charge is 0.115 e. The van der Waals surface area contributed by atoms with Gasteiger partial charge in [0, 0.05) is 0 Å². The van der Waals surface area contributed by atoms with E-state index in [1.54, 1.807) is 6.08 Å². The third kappa shape index (κ3) is 4.91. The van der Waals surface area contributed by atoms with Gasteiger partial charge < -0.3 is 0 Å². The zero-order valence-electron chi connectivity index (χ0n) is 8.80. The van der Waals surface area contributed by atoms with Gasteiger partial charge in [-0.25, -0.2) is 0 Å². The SMILES string of the molecule is C#C/C=C/C=C(\PC)C(CC)CC. The third-order valence-corrected chi connectivity index (χ3v) is 3.33. The molecule has 0 nitrogen and oxygen atoms in total. The molecule has 0 amide bonds. The summed E-state index contributed by atoms with van der Waals surface area (Å²) in [6.45, 7) is 6.72. The molecule has 0 aromatic heterocycles. The predicted molar refractivity (Wildman–Crippen MR) is 64.4 cm³/mol. The lowest BCUT2D eigenvalue weighted by atomic mass is 10.0. The van der Waals surface area contributed by atoms with E-state index in [0.717, 1.165) is 14.5 Å². The molecule has 0 aliphatic carbocycles. The molecular formula is C12H19P. The third-order valence-electron chi connectivity index (χ3n) is 2.18. The Morgan fingerprint density at radius 2 is 2.08 bits per heavy atom. The van der Waals surface area contributed by atoms with Crippen molar-refractivity contribution in [3.63, 3.8) is 0 Å². The summed E-state index contributed by atoms with van der Waals surface area (Å²) in [5, 5.41) is 1.54. The fraction of sp³-hybridized carbons (Fsp3) is 0.500. The van der Waals surface area contributed by atoms with Crippen molar-refractivity contribution in [1.82, 2.24) is 0 Å². The lowest BCUT2D eigenvalue weighted by molar-refractivity contribution is 0.596. The first kappa shape index (κ1) is 12.5. The van der Waals surface area contributed by atoms with E-state index in [1.807, 2.05) is 6.08 Å². The molecule has 0 heterocycles. The van der Waals surface area contributed by atoms with E-state index in [1.165, 1.54) is 18.2 Å². The number of hydrogen-bond donors (Lipinski definition) is 0. The van der Waals surface area contributed by atoms with Crippen LogP contribution in [0.15, 0.2) is 23.5 Å². The molecule has 0 rings (SSSR count). The normalized spacial score (nSPS) is 13.3. The van der Waals surface area contributed by atoms with Gasteiger partial charge in [-0.3, -0.25) is 0 Å². The van der Waals surface area contributed by atoms with Gasteiger partial charge in [0.05, 0.1) is 0 Å². The molecule has 0 bridgehead atoms. The van der Waals surface area contributed by atoms with Crippen molar-refractivity contribution in [3.8, 4) is 12.3 Å². The zero-order valence-corrected chi connectivity index (χ0v) is 9.80. The van der Waals surface area contributed by atoms with Crippen LogP contribution in [0.2, 0.25) is 0 Å². The summed E-state index contributed by atoms with van der Waals surface area (Å²) in [5.41, 5.74) is 0. The van der Waals surface area contributed by atoms with Gasteiger partial charge in [0.1, 0.15) is 0 Å². The molecule has 72 valence electrons. The zero-order chi connectivity index (χ0) is 10.1. The second-order valence-electron chi connectivity index (χ2n) is 2.91. The molecule has 0 saturated carbocycles. The average Bonchev–Trinajstić information content (AvgIpc) is 2.17. The highest BCUT2D eigenvalue weighted by atomic mass is 31.1. The van der Waals surface area contributed by atoms with Crippen LogP contribution < -0.4 is 0 Å². The Balaban J connectivity index is 4.39. The lowest BCUT2D eigenvalue weighted by Gasteiger charge is -2.14. The smallest absolute Gasteiger partial charge is 0.0121 e. The second-order valence-corrected chi connectivity index (χ2v) is 3.99. The monoisotopic (exact) mass is 194 g/mol. The van der Waals surface area contributed by atoms with Crippen LogP contribution in [0.3, 0.4) is 0 Å². The Morgan fingerprint density at radius 1 is 1.46 bits per heavy atom. The second kappa shape index (κ2) is 8.09. The lowest BCUT2D eigenvalue weighted by Crippen LogP contribution is -1.96. The van der Waals surface area contributed by atoms with Gasteiger partial charge in [0.15, 0.2) is 0 Å². The van der Waals surface area contributed by atoms with Gasteiger partial charge in [-0.05, 0) is 36.8 Å². The van der Waals surface area contributed by atoms with Gasteiger partial charge in [-0.2, -0.15) is 0 Å². The van der Waals surface area contributed by atoms with Gasteiger partial charge >= 0.3 is 0 Å². The topological polar surface area (TPSA) is 0 Å². The molecule has 0 aliphatic heterocycles. The maximum absolute atomic E-state index is 5.13. The summed E-state index contributed by atoms with van der Waals surface area (Å²) in [5.74, 6) is 3.24. The number of hydrogen-bond acceptors (Lipinski definition) is 0. The summed E-state index contributed by atoms with van der Waals surface area (Å²) in [6, 6.07) is 0. The first-order valence-corrected chi connectivity index (χ1v) is 6.30. The predicted octanol–water partition coefficient (Wildman–Crippen LogP) is 3.80. The number of allylic oxidation sites excluding steroid dienone is 4. The molecule has 1 atom stereocenters. The molecule has 0 saturated heterocycles. The Labute approximate surface area is 84.3 Å². The van der Waals surface area contributed by atoms with Crippen molar-refractivity contribution in [1.29, 1.82) is 0 Å². The minimum absolute atomic E-state index is 0.741. The highest BCUT2D eigenvalue weighted by Gasteiger charge is 2.06. The van der Waals surface area contributed by atoms with Crippen molar-refractivity contribution in [2.24, 2.45) is 5.92 Å². The quantitative estimate of drug-likeness (QED) is 0.355. The Hall–Kier alpha value is -0.530. The van der Waals surface area contributed by atoms with Crippen LogP contribution in [0.5, 0.6) is 0 Å². The highest BCUT2D eigenvalue weighted by molar-refractivity contribution is 7.42. The molecule has 0 spiro atoms. The Morgan fingerprint density at radius 3 is 2.46 bits per heavy atom. The van der Waals surface area contributed by atoms with Crippen LogP contribution in [0.4, 0.5) is 0 Å². The van der Waals surface area contributed by atoms with Gasteiger partial charge in [-0.15, -0.1) is 6.42 Å². The summed E-state index contributed by atoms with van der Waals surface area (Å²) >= 11 is 0. The highest BCUT2D eigenvalue weighted by Crippen LogP contribution is 2.31. The first-order chi connectivity index (χ1) is 6.29. The van der Waals surface area contributed by atoms with Crippen molar-refractivity contribution in [3.05, 3.63) is 23.5 Å². The van der Waals surface area contributed by atoms with Crippen LogP contribution in [-0.4, -0.2) is 6.66 Å². The Bertz CT molecular complexity index is 214. The van der Waals surface area contributed by atoms with E-state index >= 15 is 0 Å². The van der Waals surface area contributed by atoms with Crippen LogP contribution in [0.1, 0.15) is 26.7 Å². The summed E-state index contributed by atoms with van der Waals surface area (Å²) in [6.07, 6.45) is 13.5. The maximum Gasteiger partial charge on any atom is -0.0121 e. The van der Waals surface area contributed by atoms with Crippen molar-refractivity contribution in [2.45, 2.75) is 26.7 Å². The molecular weight excluding hydrogens is 175 g/mol. The molecule has 0 aromatic carbocycles. The van der Waals surface area contributed by atoms with Crippen molar-refractivity contribution in [2.75, 3.05) is 6.66 Å². The molecule has 0 aromatic rings. The van der Waals surface area contributed by atoms with Crippen LogP contribution in [-0.2, 0) is 0 Å². The molecule has 0 fully saturated rings. The van der Waals surface area contributed by atoms with E-state index in [0.29, 0.717) is 0 Å². The standard InChI is InChI=1S/C12H19P/c1-5-8-9-10-12(13-4)11(6-2)7-3/h1,8-11,13H,6-7H2,2-4H3/b9-8+,12-10-. The summed E-state index contributed by atoms with van der Waals surface area (Å²) in [4.78, 5) is 0. The molecule has 1 heteroatoms. The van der Waals surface area contributed by atoms with Gasteiger partial charge in [0.2, 0.25) is 0 Å². The summed E-state index contributed by atoms with van der Waals surface area (Å²) in [7, 11) is 0.895. The van der Waals surface area contributed by atoms with Gasteiger partial charge in [0.25, 0.3) is 0 Å². The van der Waals surface area contributed by atoms with Crippen molar-refractivity contribution >= 4 is 8.58 Å². The number of rotatable bonds is 5. The molecule has 1 unspecified atom stereocenters. The van der Waals surface area contributed by atoms with Crippen molar-refractivity contribution < 1.29 is 0 Å². The fourth-order valence-electron chi connectivity index (χ4n) is 1.36. The van der Waals surface area contributed by atoms with Gasteiger partial charge in [-0.1, -0.05) is 40.5 Å². The molecule has 0 radical (unpaired) electrons. The van der Waals surface area contributed by atoms with E-state index in [4.69, 9.17) is 6.42 Å². The molecule has 0 aliphatic rings. The minimum atomic E-state index is 0.741. The van der Waals surface area contributed by atoms with Crippen LogP contribution in [0, 0.1) is 18.3 Å². The van der Waals surface area contributed by atoms with E-state index in [2.05, 4.69) is 32.5 Å². The molecule has 0 N–H and O–H groups in total. The van der Waals surface area contributed by atoms with Crippen LogP contribution >= 0.6 is 8.58 Å². The maximum atomic E-state index is 5.13. The van der Waals surface area contributed by atoms with E-state index < -0.39 is 0 Å². The minimum Gasteiger partial charge on any atom is -0.115 e. The fourth-order valence-corrected chi connectivity index (χ4v) is 2.44.